The van der Waals surface area contributed by atoms with E-state index in [0.717, 1.165) is 82.6 Å². The largest absolute Gasteiger partial charge is 0.497 e. The summed E-state index contributed by atoms with van der Waals surface area (Å²) < 4.78 is 16.0. The molecule has 4 rings (SSSR count). The summed E-state index contributed by atoms with van der Waals surface area (Å²) in [5.74, 6) is 2.72. The molecule has 0 bridgehead atoms. The highest BCUT2D eigenvalue weighted by Crippen LogP contribution is 2.17. The molecule has 0 amide bonds. The van der Waals surface area contributed by atoms with Crippen molar-refractivity contribution in [1.82, 2.24) is 14.7 Å². The van der Waals surface area contributed by atoms with Gasteiger partial charge in [0, 0.05) is 45.8 Å². The Morgan fingerprint density at radius 2 is 0.703 bits per heavy atom. The van der Waals surface area contributed by atoms with Crippen molar-refractivity contribution in [3.63, 3.8) is 0 Å². The summed E-state index contributed by atoms with van der Waals surface area (Å²) >= 11 is 0. The molecule has 198 valence electrons. The Labute approximate surface area is 222 Å². The van der Waals surface area contributed by atoms with E-state index in [1.165, 1.54) is 16.7 Å². The Balaban J connectivity index is 1.44. The molecule has 0 atom stereocenters. The zero-order valence-electron chi connectivity index (χ0n) is 22.6. The van der Waals surface area contributed by atoms with Gasteiger partial charge in [0.1, 0.15) is 17.2 Å². The molecular formula is C31H41N3O3. The maximum atomic E-state index is 5.35. The first-order valence-corrected chi connectivity index (χ1v) is 13.2. The molecule has 3 aromatic rings. The minimum Gasteiger partial charge on any atom is -0.497 e. The second-order valence-electron chi connectivity index (χ2n) is 9.73. The smallest absolute Gasteiger partial charge is 0.118 e. The fraction of sp³-hybridized carbons (Fsp3) is 0.419. The third-order valence-corrected chi connectivity index (χ3v) is 7.11. The highest BCUT2D eigenvalue weighted by molar-refractivity contribution is 5.28. The number of methoxy groups -OCH3 is 3. The van der Waals surface area contributed by atoms with E-state index in [4.69, 9.17) is 14.2 Å². The van der Waals surface area contributed by atoms with Gasteiger partial charge >= 0.3 is 0 Å². The Kier molecular flexibility index (Phi) is 10.2. The third kappa shape index (κ3) is 8.49. The van der Waals surface area contributed by atoms with Crippen LogP contribution in [0.4, 0.5) is 0 Å². The van der Waals surface area contributed by atoms with Crippen LogP contribution in [0.3, 0.4) is 0 Å². The van der Waals surface area contributed by atoms with Gasteiger partial charge < -0.3 is 14.2 Å². The lowest BCUT2D eigenvalue weighted by molar-refractivity contribution is 0.139. The molecule has 0 N–H and O–H groups in total. The van der Waals surface area contributed by atoms with E-state index in [9.17, 15) is 0 Å². The van der Waals surface area contributed by atoms with Gasteiger partial charge in [-0.2, -0.15) is 0 Å². The maximum Gasteiger partial charge on any atom is 0.118 e. The van der Waals surface area contributed by atoms with Crippen molar-refractivity contribution in [3.05, 3.63) is 89.5 Å². The summed E-state index contributed by atoms with van der Waals surface area (Å²) in [6, 6.07) is 25.4. The molecule has 37 heavy (non-hydrogen) atoms. The molecule has 0 aliphatic carbocycles. The summed E-state index contributed by atoms with van der Waals surface area (Å²) in [4.78, 5) is 7.79. The number of hydrogen-bond acceptors (Lipinski definition) is 6. The fourth-order valence-electron chi connectivity index (χ4n) is 4.86. The SMILES string of the molecule is COc1ccc(CN2CCCN(Cc3ccc(OC)cc3)CCN(Cc3ccc(OC)cc3)CC2)cc1. The first-order valence-electron chi connectivity index (χ1n) is 13.2. The number of ether oxygens (including phenoxy) is 3. The van der Waals surface area contributed by atoms with Crippen molar-refractivity contribution in [1.29, 1.82) is 0 Å². The van der Waals surface area contributed by atoms with Crippen molar-refractivity contribution < 1.29 is 14.2 Å². The summed E-state index contributed by atoms with van der Waals surface area (Å²) in [6.07, 6.45) is 1.16. The number of nitrogens with zero attached hydrogens (tertiary/aromatic N) is 3. The molecule has 0 aromatic heterocycles. The Hall–Kier alpha value is -3.06. The lowest BCUT2D eigenvalue weighted by Crippen LogP contribution is -2.42. The van der Waals surface area contributed by atoms with Gasteiger partial charge in [0.15, 0.2) is 0 Å². The van der Waals surface area contributed by atoms with Gasteiger partial charge in [-0.1, -0.05) is 36.4 Å². The van der Waals surface area contributed by atoms with E-state index < -0.39 is 0 Å². The van der Waals surface area contributed by atoms with E-state index in [0.29, 0.717) is 0 Å². The normalized spacial score (nSPS) is 16.3. The predicted octanol–water partition coefficient (Wildman–Crippen LogP) is 4.92. The van der Waals surface area contributed by atoms with Crippen LogP contribution in [0.25, 0.3) is 0 Å². The van der Waals surface area contributed by atoms with Gasteiger partial charge in [0.25, 0.3) is 0 Å². The van der Waals surface area contributed by atoms with Crippen molar-refractivity contribution >= 4 is 0 Å². The van der Waals surface area contributed by atoms with Gasteiger partial charge in [0.2, 0.25) is 0 Å². The zero-order chi connectivity index (χ0) is 25.9. The van der Waals surface area contributed by atoms with Crippen molar-refractivity contribution in [2.24, 2.45) is 0 Å². The van der Waals surface area contributed by atoms with E-state index in [1.54, 1.807) is 21.3 Å². The molecular weight excluding hydrogens is 462 g/mol. The van der Waals surface area contributed by atoms with Crippen LogP contribution < -0.4 is 14.2 Å². The second kappa shape index (κ2) is 14.0. The van der Waals surface area contributed by atoms with Crippen LogP contribution in [0, 0.1) is 0 Å². The van der Waals surface area contributed by atoms with E-state index >= 15 is 0 Å². The standard InChI is InChI=1S/C31H41N3O3/c1-35-29-11-5-26(6-12-29)23-32-17-4-18-33(24-27-7-13-30(36-2)14-8-27)20-22-34(21-19-32)25-28-9-15-31(37-3)16-10-28/h5-16H,4,17-25H2,1-3H3. The van der Waals surface area contributed by atoms with Gasteiger partial charge in [-0.25, -0.2) is 0 Å². The quantitative estimate of drug-likeness (QED) is 0.413. The van der Waals surface area contributed by atoms with Crippen LogP contribution in [0.15, 0.2) is 72.8 Å². The average Bonchev–Trinajstić information content (AvgIpc) is 2.95. The molecule has 1 aliphatic rings. The maximum absolute atomic E-state index is 5.35. The second-order valence-corrected chi connectivity index (χ2v) is 9.73. The van der Waals surface area contributed by atoms with Gasteiger partial charge in [-0.15, -0.1) is 0 Å². The summed E-state index contributed by atoms with van der Waals surface area (Å²) in [5, 5.41) is 0. The third-order valence-electron chi connectivity index (χ3n) is 7.11. The molecule has 0 unspecified atom stereocenters. The first kappa shape index (κ1) is 27.0. The van der Waals surface area contributed by atoms with Crippen LogP contribution in [0.5, 0.6) is 17.2 Å². The molecule has 0 saturated carbocycles. The van der Waals surface area contributed by atoms with Crippen molar-refractivity contribution in [2.75, 3.05) is 60.6 Å². The molecule has 1 heterocycles. The van der Waals surface area contributed by atoms with Crippen LogP contribution >= 0.6 is 0 Å². The Bertz CT molecular complexity index is 993. The number of hydrogen-bond donors (Lipinski definition) is 0. The van der Waals surface area contributed by atoms with Crippen molar-refractivity contribution in [3.8, 4) is 17.2 Å². The number of benzene rings is 3. The van der Waals surface area contributed by atoms with Crippen LogP contribution in [0.2, 0.25) is 0 Å². The molecule has 6 heteroatoms. The molecule has 3 aromatic carbocycles. The van der Waals surface area contributed by atoms with E-state index in [-0.39, 0.29) is 0 Å². The van der Waals surface area contributed by atoms with E-state index in [2.05, 4.69) is 87.5 Å². The fourth-order valence-corrected chi connectivity index (χ4v) is 4.86. The Morgan fingerprint density at radius 3 is 0.973 bits per heavy atom. The summed E-state index contributed by atoms with van der Waals surface area (Å²) in [7, 11) is 5.15. The van der Waals surface area contributed by atoms with Crippen LogP contribution in [0.1, 0.15) is 23.1 Å². The van der Waals surface area contributed by atoms with E-state index in [1.807, 2.05) is 0 Å². The van der Waals surface area contributed by atoms with Gasteiger partial charge in [0.05, 0.1) is 21.3 Å². The first-order chi connectivity index (χ1) is 18.1. The van der Waals surface area contributed by atoms with Crippen LogP contribution in [-0.4, -0.2) is 75.3 Å². The number of rotatable bonds is 9. The highest BCUT2D eigenvalue weighted by atomic mass is 16.5. The predicted molar refractivity (Wildman–Crippen MR) is 149 cm³/mol. The monoisotopic (exact) mass is 503 g/mol. The Morgan fingerprint density at radius 1 is 0.432 bits per heavy atom. The molecule has 0 spiro atoms. The molecule has 6 nitrogen and oxygen atoms in total. The lowest BCUT2D eigenvalue weighted by Gasteiger charge is -2.33. The van der Waals surface area contributed by atoms with Gasteiger partial charge in [-0.3, -0.25) is 14.7 Å². The summed E-state index contributed by atoms with van der Waals surface area (Å²) in [6.45, 7) is 9.22. The average molecular weight is 504 g/mol. The topological polar surface area (TPSA) is 37.4 Å². The highest BCUT2D eigenvalue weighted by Gasteiger charge is 2.16. The molecule has 1 saturated heterocycles. The van der Waals surface area contributed by atoms with Crippen molar-refractivity contribution in [2.45, 2.75) is 26.1 Å². The molecule has 1 fully saturated rings. The summed E-state index contributed by atoms with van der Waals surface area (Å²) in [5.41, 5.74) is 3.98. The minimum absolute atomic E-state index is 0.904. The van der Waals surface area contributed by atoms with Gasteiger partial charge in [-0.05, 0) is 72.6 Å². The van der Waals surface area contributed by atoms with Crippen LogP contribution in [-0.2, 0) is 19.6 Å². The molecule has 0 radical (unpaired) electrons. The lowest BCUT2D eigenvalue weighted by atomic mass is 10.1. The zero-order valence-corrected chi connectivity index (χ0v) is 22.6. The molecule has 1 aliphatic heterocycles. The minimum atomic E-state index is 0.904.